The second-order valence-corrected chi connectivity index (χ2v) is 6.12. The Labute approximate surface area is 131 Å². The van der Waals surface area contributed by atoms with Gasteiger partial charge in [-0.3, -0.25) is 0 Å². The Hall–Kier alpha value is -0.540. The molecule has 1 atom stereocenters. The van der Waals surface area contributed by atoms with E-state index in [1.165, 1.54) is 0 Å². The third kappa shape index (κ3) is 4.22. The maximum absolute atomic E-state index is 10.2. The lowest BCUT2D eigenvalue weighted by atomic mass is 10.0. The van der Waals surface area contributed by atoms with Crippen LogP contribution in [0.1, 0.15) is 11.1 Å². The number of rotatable bonds is 4. The Kier molecular flexibility index (Phi) is 5.28. The van der Waals surface area contributed by atoms with Crippen molar-refractivity contribution < 1.29 is 5.11 Å². The van der Waals surface area contributed by atoms with Crippen LogP contribution in [0.25, 0.3) is 0 Å². The van der Waals surface area contributed by atoms with Gasteiger partial charge in [0.1, 0.15) is 0 Å². The number of hydrogen-bond donors (Lipinski definition) is 1. The van der Waals surface area contributed by atoms with Gasteiger partial charge in [0.05, 0.1) is 6.10 Å². The molecule has 1 nitrogen and oxygen atoms in total. The van der Waals surface area contributed by atoms with Gasteiger partial charge in [-0.05, 0) is 41.8 Å². The van der Waals surface area contributed by atoms with Crippen LogP contribution in [0, 0.1) is 0 Å². The molecule has 0 aliphatic heterocycles. The van der Waals surface area contributed by atoms with E-state index in [4.69, 9.17) is 23.2 Å². The molecule has 0 radical (unpaired) electrons. The molecule has 2 aromatic rings. The molecular formula is C15H13BrCl2O. The van der Waals surface area contributed by atoms with Crippen LogP contribution in [-0.4, -0.2) is 11.2 Å². The Morgan fingerprint density at radius 1 is 1.00 bits per heavy atom. The average Bonchev–Trinajstić information content (AvgIpc) is 2.34. The molecule has 19 heavy (non-hydrogen) atoms. The molecule has 0 bridgehead atoms. The van der Waals surface area contributed by atoms with E-state index in [9.17, 15) is 5.11 Å². The van der Waals surface area contributed by atoms with Crippen LogP contribution in [0.15, 0.2) is 46.9 Å². The molecule has 1 N–H and O–H groups in total. The first-order valence-electron chi connectivity index (χ1n) is 5.91. The Morgan fingerprint density at radius 2 is 1.63 bits per heavy atom. The quantitative estimate of drug-likeness (QED) is 0.822. The second-order valence-electron chi connectivity index (χ2n) is 4.39. The van der Waals surface area contributed by atoms with Gasteiger partial charge in [0.25, 0.3) is 0 Å². The minimum Gasteiger partial charge on any atom is -0.392 e. The summed E-state index contributed by atoms with van der Waals surface area (Å²) < 4.78 is 1.01. The molecule has 0 amide bonds. The maximum Gasteiger partial charge on any atom is 0.0621 e. The van der Waals surface area contributed by atoms with Crippen LogP contribution in [0.3, 0.4) is 0 Å². The fraction of sp³-hybridized carbons (Fsp3) is 0.200. The fourth-order valence-corrected chi connectivity index (χ4v) is 2.97. The Bertz CT molecular complexity index is 552. The number of hydrogen-bond acceptors (Lipinski definition) is 1. The third-order valence-corrected chi connectivity index (χ3v) is 4.06. The van der Waals surface area contributed by atoms with Gasteiger partial charge in [0.2, 0.25) is 0 Å². The van der Waals surface area contributed by atoms with E-state index in [0.29, 0.717) is 22.9 Å². The number of aliphatic hydroxyl groups excluding tert-OH is 1. The monoisotopic (exact) mass is 358 g/mol. The van der Waals surface area contributed by atoms with Crippen molar-refractivity contribution in [1.82, 2.24) is 0 Å². The van der Waals surface area contributed by atoms with E-state index in [0.717, 1.165) is 15.6 Å². The highest BCUT2D eigenvalue weighted by Gasteiger charge is 2.12. The molecule has 0 saturated carbocycles. The topological polar surface area (TPSA) is 20.2 Å². The first-order valence-corrected chi connectivity index (χ1v) is 7.46. The lowest BCUT2D eigenvalue weighted by Gasteiger charge is -2.13. The van der Waals surface area contributed by atoms with Gasteiger partial charge in [-0.1, -0.05) is 57.3 Å². The van der Waals surface area contributed by atoms with Crippen LogP contribution in [0.2, 0.25) is 10.0 Å². The summed E-state index contributed by atoms with van der Waals surface area (Å²) in [6, 6.07) is 13.3. The highest BCUT2D eigenvalue weighted by atomic mass is 79.9. The molecule has 0 aliphatic rings. The maximum atomic E-state index is 10.2. The van der Waals surface area contributed by atoms with Crippen molar-refractivity contribution in [3.63, 3.8) is 0 Å². The fourth-order valence-electron chi connectivity index (χ4n) is 1.97. The lowest BCUT2D eigenvalue weighted by molar-refractivity contribution is 0.175. The SMILES string of the molecule is OC(Cc1cccc(Br)c1)Cc1c(Cl)cccc1Cl. The van der Waals surface area contributed by atoms with E-state index in [-0.39, 0.29) is 0 Å². The van der Waals surface area contributed by atoms with E-state index in [2.05, 4.69) is 15.9 Å². The van der Waals surface area contributed by atoms with Gasteiger partial charge in [0.15, 0.2) is 0 Å². The number of benzene rings is 2. The van der Waals surface area contributed by atoms with Crippen molar-refractivity contribution in [2.75, 3.05) is 0 Å². The van der Waals surface area contributed by atoms with E-state index >= 15 is 0 Å². The van der Waals surface area contributed by atoms with Crippen LogP contribution < -0.4 is 0 Å². The minimum absolute atomic E-state index is 0.449. The van der Waals surface area contributed by atoms with Gasteiger partial charge >= 0.3 is 0 Å². The Morgan fingerprint density at radius 3 is 2.26 bits per heavy atom. The van der Waals surface area contributed by atoms with Gasteiger partial charge in [0, 0.05) is 20.9 Å². The van der Waals surface area contributed by atoms with Crippen molar-refractivity contribution >= 4 is 39.1 Å². The molecule has 0 aromatic heterocycles. The largest absolute Gasteiger partial charge is 0.392 e. The Balaban J connectivity index is 2.07. The van der Waals surface area contributed by atoms with E-state index in [1.54, 1.807) is 18.2 Å². The summed E-state index contributed by atoms with van der Waals surface area (Å²) in [5.41, 5.74) is 1.87. The normalized spacial score (nSPS) is 12.4. The lowest BCUT2D eigenvalue weighted by Crippen LogP contribution is -2.14. The average molecular weight is 360 g/mol. The summed E-state index contributed by atoms with van der Waals surface area (Å²) in [7, 11) is 0. The zero-order valence-corrected chi connectivity index (χ0v) is 13.2. The molecular weight excluding hydrogens is 347 g/mol. The standard InChI is InChI=1S/C15H13BrCl2O/c16-11-4-1-3-10(7-11)8-12(19)9-13-14(17)5-2-6-15(13)18/h1-7,12,19H,8-9H2. The molecule has 1 unspecified atom stereocenters. The molecule has 0 spiro atoms. The molecule has 0 saturated heterocycles. The van der Waals surface area contributed by atoms with Crippen LogP contribution in [0.5, 0.6) is 0 Å². The number of aliphatic hydroxyl groups is 1. The van der Waals surface area contributed by atoms with E-state index < -0.39 is 6.10 Å². The number of halogens is 3. The highest BCUT2D eigenvalue weighted by molar-refractivity contribution is 9.10. The summed E-state index contributed by atoms with van der Waals surface area (Å²) in [4.78, 5) is 0. The van der Waals surface area contributed by atoms with Gasteiger partial charge < -0.3 is 5.11 Å². The van der Waals surface area contributed by atoms with Crippen molar-refractivity contribution in [3.8, 4) is 0 Å². The van der Waals surface area contributed by atoms with Crippen molar-refractivity contribution in [2.45, 2.75) is 18.9 Å². The molecule has 0 fully saturated rings. The highest BCUT2D eigenvalue weighted by Crippen LogP contribution is 2.26. The van der Waals surface area contributed by atoms with Crippen LogP contribution in [0.4, 0.5) is 0 Å². The molecule has 0 aliphatic carbocycles. The van der Waals surface area contributed by atoms with Crippen molar-refractivity contribution in [3.05, 3.63) is 68.1 Å². The van der Waals surface area contributed by atoms with Gasteiger partial charge in [-0.15, -0.1) is 0 Å². The third-order valence-electron chi connectivity index (χ3n) is 2.86. The molecule has 100 valence electrons. The minimum atomic E-state index is -0.508. The predicted octanol–water partition coefficient (Wildman–Crippen LogP) is 4.90. The first kappa shape index (κ1) is 14.9. The van der Waals surface area contributed by atoms with Crippen LogP contribution in [-0.2, 0) is 12.8 Å². The predicted molar refractivity (Wildman–Crippen MR) is 84.0 cm³/mol. The summed E-state index contributed by atoms with van der Waals surface area (Å²) >= 11 is 15.6. The first-order chi connectivity index (χ1) is 9.06. The van der Waals surface area contributed by atoms with Crippen molar-refractivity contribution in [2.24, 2.45) is 0 Å². The zero-order chi connectivity index (χ0) is 13.8. The zero-order valence-electron chi connectivity index (χ0n) is 10.1. The summed E-state index contributed by atoms with van der Waals surface area (Å²) in [6.07, 6.45) is 0.512. The summed E-state index contributed by atoms with van der Waals surface area (Å²) in [6.45, 7) is 0. The van der Waals surface area contributed by atoms with Crippen molar-refractivity contribution in [1.29, 1.82) is 0 Å². The molecule has 4 heteroatoms. The van der Waals surface area contributed by atoms with Crippen LogP contribution >= 0.6 is 39.1 Å². The van der Waals surface area contributed by atoms with E-state index in [1.807, 2.05) is 24.3 Å². The van der Waals surface area contributed by atoms with Gasteiger partial charge in [-0.2, -0.15) is 0 Å². The molecule has 2 aromatic carbocycles. The molecule has 2 rings (SSSR count). The molecule has 0 heterocycles. The summed E-state index contributed by atoms with van der Waals surface area (Å²) in [5.74, 6) is 0. The van der Waals surface area contributed by atoms with Gasteiger partial charge in [-0.25, -0.2) is 0 Å². The summed E-state index contributed by atoms with van der Waals surface area (Å²) in [5, 5.41) is 11.4. The smallest absolute Gasteiger partial charge is 0.0621 e. The second kappa shape index (κ2) is 6.76.